The fourth-order valence-corrected chi connectivity index (χ4v) is 0.335. The highest BCUT2D eigenvalue weighted by atomic mass is 16.3. The first-order valence-corrected chi connectivity index (χ1v) is 2.45. The molecule has 0 aromatic carbocycles. The molecule has 0 spiro atoms. The third-order valence-electron chi connectivity index (χ3n) is 0.849. The minimum absolute atomic E-state index is 0.0602. The second-order valence-corrected chi connectivity index (χ2v) is 1.77. The van der Waals surface area contributed by atoms with Gasteiger partial charge in [-0.3, -0.25) is 4.79 Å². The van der Waals surface area contributed by atoms with Crippen LogP contribution in [0.2, 0.25) is 0 Å². The molecule has 0 radical (unpaired) electrons. The van der Waals surface area contributed by atoms with E-state index in [1.165, 1.54) is 0 Å². The maximum atomic E-state index is 10.1. The Labute approximate surface area is 53.1 Å². The number of carbonyl (C=O) groups is 1. The summed E-state index contributed by atoms with van der Waals surface area (Å²) in [5.41, 5.74) is 9.93. The summed E-state index contributed by atoms with van der Waals surface area (Å²) >= 11 is 0. The third-order valence-corrected chi connectivity index (χ3v) is 0.849. The maximum Gasteiger partial charge on any atom is 0.219 e. The number of nitrogens with two attached hydrogens (primary N) is 2. The van der Waals surface area contributed by atoms with Gasteiger partial charge in [0.2, 0.25) is 5.91 Å². The van der Waals surface area contributed by atoms with Crippen molar-refractivity contribution in [2.75, 3.05) is 0 Å². The Balaban J connectivity index is 3.63. The molecule has 0 aliphatic carbocycles. The fourth-order valence-electron chi connectivity index (χ4n) is 0.335. The van der Waals surface area contributed by atoms with Gasteiger partial charge in [-0.15, -0.1) is 0 Å². The highest BCUT2D eigenvalue weighted by Gasteiger charge is 2.07. The molecule has 0 heterocycles. The van der Waals surface area contributed by atoms with Crippen molar-refractivity contribution in [2.24, 2.45) is 11.5 Å². The van der Waals surface area contributed by atoms with E-state index in [2.05, 4.69) is 6.58 Å². The first-order chi connectivity index (χ1) is 4.04. The summed E-state index contributed by atoms with van der Waals surface area (Å²) in [6.45, 7) is 3.13. The van der Waals surface area contributed by atoms with Crippen LogP contribution in [0.4, 0.5) is 0 Å². The monoisotopic (exact) mass is 130 g/mol. The Morgan fingerprint density at radius 3 is 2.33 bits per heavy atom. The number of hydrogen-bond donors (Lipinski definition) is 3. The van der Waals surface area contributed by atoms with Crippen LogP contribution in [-0.2, 0) is 4.79 Å². The number of aliphatic hydroxyl groups is 1. The van der Waals surface area contributed by atoms with E-state index in [1.807, 2.05) is 0 Å². The van der Waals surface area contributed by atoms with Gasteiger partial charge in [-0.05, 0) is 0 Å². The highest BCUT2D eigenvalue weighted by molar-refractivity contribution is 5.74. The van der Waals surface area contributed by atoms with Gasteiger partial charge >= 0.3 is 0 Å². The van der Waals surface area contributed by atoms with Crippen LogP contribution in [0.25, 0.3) is 0 Å². The van der Waals surface area contributed by atoms with E-state index in [0.29, 0.717) is 0 Å². The van der Waals surface area contributed by atoms with Crippen LogP contribution in [0.3, 0.4) is 0 Å². The van der Waals surface area contributed by atoms with E-state index in [0.717, 1.165) is 0 Å². The summed E-state index contributed by atoms with van der Waals surface area (Å²) < 4.78 is 0. The summed E-state index contributed by atoms with van der Waals surface area (Å²) in [7, 11) is 0. The number of hydrogen-bond acceptors (Lipinski definition) is 3. The zero-order valence-corrected chi connectivity index (χ0v) is 5.00. The molecular formula is C5H10N2O2. The first kappa shape index (κ1) is 7.97. The molecule has 0 rings (SSSR count). The minimum Gasteiger partial charge on any atom is -0.511 e. The molecule has 0 aliphatic rings. The van der Waals surface area contributed by atoms with Gasteiger partial charge in [-0.2, -0.15) is 0 Å². The van der Waals surface area contributed by atoms with Crippen molar-refractivity contribution in [3.05, 3.63) is 12.3 Å². The molecule has 4 nitrogen and oxygen atoms in total. The maximum absolute atomic E-state index is 10.1. The van der Waals surface area contributed by atoms with Crippen LogP contribution in [-0.4, -0.2) is 17.1 Å². The highest BCUT2D eigenvalue weighted by Crippen LogP contribution is 1.94. The van der Waals surface area contributed by atoms with Crippen molar-refractivity contribution in [1.29, 1.82) is 0 Å². The van der Waals surface area contributed by atoms with Gasteiger partial charge in [0.1, 0.15) is 5.76 Å². The topological polar surface area (TPSA) is 89.3 Å². The van der Waals surface area contributed by atoms with Crippen molar-refractivity contribution < 1.29 is 9.90 Å². The van der Waals surface area contributed by atoms with E-state index in [1.54, 1.807) is 0 Å². The molecule has 0 unspecified atom stereocenters. The normalized spacial score (nSPS) is 12.6. The van der Waals surface area contributed by atoms with Gasteiger partial charge in [0.15, 0.2) is 0 Å². The van der Waals surface area contributed by atoms with Crippen LogP contribution in [0.5, 0.6) is 0 Å². The van der Waals surface area contributed by atoms with Crippen LogP contribution in [0, 0.1) is 0 Å². The molecule has 0 aromatic heterocycles. The predicted molar refractivity (Wildman–Crippen MR) is 33.6 cm³/mol. The van der Waals surface area contributed by atoms with Gasteiger partial charge in [0.05, 0.1) is 6.04 Å². The lowest BCUT2D eigenvalue weighted by molar-refractivity contribution is -0.118. The number of primary amides is 1. The van der Waals surface area contributed by atoms with E-state index < -0.39 is 11.9 Å². The number of aliphatic hydroxyl groups excluding tert-OH is 1. The van der Waals surface area contributed by atoms with Crippen LogP contribution >= 0.6 is 0 Å². The zero-order chi connectivity index (χ0) is 7.44. The van der Waals surface area contributed by atoms with E-state index in [4.69, 9.17) is 16.6 Å². The summed E-state index contributed by atoms with van der Waals surface area (Å²) in [6.07, 6.45) is -0.0602. The van der Waals surface area contributed by atoms with Gasteiger partial charge in [0.25, 0.3) is 0 Å². The largest absolute Gasteiger partial charge is 0.511 e. The van der Waals surface area contributed by atoms with E-state index >= 15 is 0 Å². The average molecular weight is 130 g/mol. The molecule has 9 heavy (non-hydrogen) atoms. The standard InChI is InChI=1S/C5H10N2O2/c1-3(8)4(6)2-5(7)9/h4,8H,1-2,6H2,(H2,7,9)/t4-/m0/s1. The molecule has 4 heteroatoms. The summed E-state index contributed by atoms with van der Waals surface area (Å²) in [4.78, 5) is 10.1. The lowest BCUT2D eigenvalue weighted by atomic mass is 10.2. The second-order valence-electron chi connectivity index (χ2n) is 1.77. The molecule has 1 atom stereocenters. The number of rotatable bonds is 3. The molecule has 0 saturated carbocycles. The summed E-state index contributed by atoms with van der Waals surface area (Å²) in [5.74, 6) is -0.758. The van der Waals surface area contributed by atoms with Crippen molar-refractivity contribution in [1.82, 2.24) is 0 Å². The Morgan fingerprint density at radius 1 is 1.78 bits per heavy atom. The lowest BCUT2D eigenvalue weighted by Gasteiger charge is -2.04. The van der Waals surface area contributed by atoms with Gasteiger partial charge in [-0.25, -0.2) is 0 Å². The molecule has 0 fully saturated rings. The Hall–Kier alpha value is -1.03. The van der Waals surface area contributed by atoms with Gasteiger partial charge in [-0.1, -0.05) is 6.58 Å². The van der Waals surface area contributed by atoms with E-state index in [-0.39, 0.29) is 12.2 Å². The molecule has 5 N–H and O–H groups in total. The SMILES string of the molecule is C=C(O)[C@@H](N)CC(N)=O. The number of carbonyl (C=O) groups excluding carboxylic acids is 1. The molecule has 0 aromatic rings. The lowest BCUT2D eigenvalue weighted by Crippen LogP contribution is -2.28. The Morgan fingerprint density at radius 2 is 2.22 bits per heavy atom. The summed E-state index contributed by atoms with van der Waals surface area (Å²) in [5, 5.41) is 8.54. The van der Waals surface area contributed by atoms with Crippen molar-refractivity contribution >= 4 is 5.91 Å². The Kier molecular flexibility index (Phi) is 2.73. The first-order valence-electron chi connectivity index (χ1n) is 2.45. The zero-order valence-electron chi connectivity index (χ0n) is 5.00. The number of amides is 1. The van der Waals surface area contributed by atoms with E-state index in [9.17, 15) is 4.79 Å². The van der Waals surface area contributed by atoms with Crippen molar-refractivity contribution in [3.8, 4) is 0 Å². The minimum atomic E-state index is -0.720. The quantitative estimate of drug-likeness (QED) is 0.439. The van der Waals surface area contributed by atoms with Crippen LogP contribution < -0.4 is 11.5 Å². The second kappa shape index (κ2) is 3.09. The molecular weight excluding hydrogens is 120 g/mol. The van der Waals surface area contributed by atoms with Crippen LogP contribution in [0.1, 0.15) is 6.42 Å². The van der Waals surface area contributed by atoms with Crippen molar-refractivity contribution in [3.63, 3.8) is 0 Å². The Bertz CT molecular complexity index is 133. The predicted octanol–water partition coefficient (Wildman–Crippen LogP) is -0.739. The molecule has 0 aliphatic heterocycles. The van der Waals surface area contributed by atoms with Crippen molar-refractivity contribution in [2.45, 2.75) is 12.5 Å². The smallest absolute Gasteiger partial charge is 0.219 e. The average Bonchev–Trinajstić information content (AvgIpc) is 1.63. The summed E-state index contributed by atoms with van der Waals surface area (Å²) in [6, 6.07) is -0.720. The molecule has 1 amide bonds. The fraction of sp³-hybridized carbons (Fsp3) is 0.400. The third kappa shape index (κ3) is 3.54. The molecule has 0 bridgehead atoms. The van der Waals surface area contributed by atoms with Gasteiger partial charge < -0.3 is 16.6 Å². The molecule has 52 valence electrons. The van der Waals surface area contributed by atoms with Crippen LogP contribution in [0.15, 0.2) is 12.3 Å². The van der Waals surface area contributed by atoms with Gasteiger partial charge in [0, 0.05) is 6.42 Å². The molecule has 0 saturated heterocycles.